The molecule has 3 N–H and O–H groups in total. The van der Waals surface area contributed by atoms with E-state index in [1.165, 1.54) is 37.0 Å². The Hall–Kier alpha value is -4.74. The van der Waals surface area contributed by atoms with Gasteiger partial charge in [-0.25, -0.2) is 19.3 Å². The average molecular weight is 591 g/mol. The Kier molecular flexibility index (Phi) is 7.71. The number of piperidine rings is 1. The van der Waals surface area contributed by atoms with Gasteiger partial charge in [0.1, 0.15) is 17.0 Å². The van der Waals surface area contributed by atoms with Crippen LogP contribution in [0.5, 0.6) is 0 Å². The first-order chi connectivity index (χ1) is 21.5. The van der Waals surface area contributed by atoms with Gasteiger partial charge in [-0.1, -0.05) is 6.42 Å². The zero-order chi connectivity index (χ0) is 30.0. The maximum absolute atomic E-state index is 14.7. The molecule has 10 nitrogen and oxygen atoms in total. The first kappa shape index (κ1) is 28.1. The Labute approximate surface area is 254 Å². The number of anilines is 1. The van der Waals surface area contributed by atoms with Crippen LogP contribution in [-0.2, 0) is 6.54 Å². The zero-order valence-corrected chi connectivity index (χ0v) is 24.9. The summed E-state index contributed by atoms with van der Waals surface area (Å²) in [4.78, 5) is 26.5. The van der Waals surface area contributed by atoms with Gasteiger partial charge in [-0.2, -0.15) is 5.10 Å². The number of rotatable bonds is 9. The maximum Gasteiger partial charge on any atom is 0.161 e. The molecule has 0 unspecified atom stereocenters. The number of pyridine rings is 3. The number of aromatic nitrogens is 7. The molecular formula is C33H35FN10. The third kappa shape index (κ3) is 5.88. The van der Waals surface area contributed by atoms with Gasteiger partial charge in [0.15, 0.2) is 17.1 Å². The predicted molar refractivity (Wildman–Crippen MR) is 172 cm³/mol. The second kappa shape index (κ2) is 12.1. The first-order valence-electron chi connectivity index (χ1n) is 15.1. The number of aromatic amines is 2. The number of likely N-dealkylation sites (N-methyl/N-ethyl adjacent to an activating group) is 1. The number of halogens is 1. The van der Waals surface area contributed by atoms with Crippen LogP contribution in [0.15, 0.2) is 61.2 Å². The lowest BCUT2D eigenvalue weighted by atomic mass is 10.0. The minimum atomic E-state index is -0.318. The molecule has 11 heteroatoms. The lowest BCUT2D eigenvalue weighted by Gasteiger charge is -2.26. The molecule has 1 saturated heterocycles. The van der Waals surface area contributed by atoms with E-state index in [9.17, 15) is 4.39 Å². The number of nitrogens with zero attached hydrogens (tertiary/aromatic N) is 7. The second-order valence-electron chi connectivity index (χ2n) is 11.7. The standard InChI is InChI=1S/C33H35FN10/c1-43(2)11-8-36-26-14-22(13-25(34)16-26)27-6-7-37-32-29(27)39-33(40-32)30-28-15-24(19-38-31(28)42-41-30)23-12-21(17-35-18-23)20-44-9-4-3-5-10-44/h6-7,12-19,36H,3-5,8-11,20H2,1-2H3,(H,37,39,40)(H,38,41,42). The molecule has 1 fully saturated rings. The molecule has 6 aromatic rings. The molecule has 0 aliphatic carbocycles. The van der Waals surface area contributed by atoms with E-state index < -0.39 is 0 Å². The highest BCUT2D eigenvalue weighted by Crippen LogP contribution is 2.33. The molecule has 1 aliphatic rings. The summed E-state index contributed by atoms with van der Waals surface area (Å²) in [5.41, 5.74) is 7.91. The van der Waals surface area contributed by atoms with Crippen molar-refractivity contribution in [1.82, 2.24) is 44.9 Å². The minimum Gasteiger partial charge on any atom is -0.384 e. The smallest absolute Gasteiger partial charge is 0.161 e. The van der Waals surface area contributed by atoms with Crippen molar-refractivity contribution in [2.75, 3.05) is 45.6 Å². The molecule has 0 atom stereocenters. The van der Waals surface area contributed by atoms with Gasteiger partial charge >= 0.3 is 0 Å². The monoisotopic (exact) mass is 590 g/mol. The van der Waals surface area contributed by atoms with Crippen LogP contribution in [0.25, 0.3) is 56.0 Å². The molecule has 7 rings (SSSR count). The molecule has 1 aromatic carbocycles. The number of likely N-dealkylation sites (tertiary alicyclic amines) is 1. The topological polar surface area (TPSA) is 115 Å². The van der Waals surface area contributed by atoms with E-state index in [-0.39, 0.29) is 5.82 Å². The number of H-pyrrole nitrogens is 2. The minimum absolute atomic E-state index is 0.318. The molecule has 5 aromatic heterocycles. The molecule has 1 aliphatic heterocycles. The van der Waals surface area contributed by atoms with E-state index in [1.807, 2.05) is 44.8 Å². The van der Waals surface area contributed by atoms with Crippen molar-refractivity contribution in [3.05, 3.63) is 72.6 Å². The number of nitrogens with one attached hydrogen (secondary N) is 3. The second-order valence-corrected chi connectivity index (χ2v) is 11.7. The van der Waals surface area contributed by atoms with Crippen molar-refractivity contribution in [2.45, 2.75) is 25.8 Å². The van der Waals surface area contributed by atoms with Crippen molar-refractivity contribution in [1.29, 1.82) is 0 Å². The van der Waals surface area contributed by atoms with E-state index in [4.69, 9.17) is 4.98 Å². The Morgan fingerprint density at radius 3 is 2.66 bits per heavy atom. The van der Waals surface area contributed by atoms with Gasteiger partial charge in [-0.15, -0.1) is 0 Å². The van der Waals surface area contributed by atoms with Crippen LogP contribution in [0, 0.1) is 5.82 Å². The van der Waals surface area contributed by atoms with Crippen LogP contribution >= 0.6 is 0 Å². The quantitative estimate of drug-likeness (QED) is 0.196. The molecule has 6 heterocycles. The Morgan fingerprint density at radius 2 is 1.80 bits per heavy atom. The number of imidazole rings is 1. The summed E-state index contributed by atoms with van der Waals surface area (Å²) >= 11 is 0. The molecule has 0 spiro atoms. The van der Waals surface area contributed by atoms with E-state index in [0.29, 0.717) is 40.6 Å². The molecule has 0 radical (unpaired) electrons. The van der Waals surface area contributed by atoms with E-state index in [0.717, 1.165) is 53.8 Å². The van der Waals surface area contributed by atoms with Gasteiger partial charge in [0.05, 0.1) is 5.39 Å². The number of hydrogen-bond acceptors (Lipinski definition) is 8. The Balaban J connectivity index is 1.21. The Bertz CT molecular complexity index is 1920. The van der Waals surface area contributed by atoms with Gasteiger partial charge in [0.25, 0.3) is 0 Å². The predicted octanol–water partition coefficient (Wildman–Crippen LogP) is 5.72. The molecule has 0 saturated carbocycles. The fraction of sp³-hybridized carbons (Fsp3) is 0.303. The van der Waals surface area contributed by atoms with Gasteiger partial charge in [0, 0.05) is 66.8 Å². The summed E-state index contributed by atoms with van der Waals surface area (Å²) in [5, 5.41) is 11.8. The van der Waals surface area contributed by atoms with Crippen LogP contribution in [0.4, 0.5) is 10.1 Å². The summed E-state index contributed by atoms with van der Waals surface area (Å²) in [6, 6.07) is 11.1. The van der Waals surface area contributed by atoms with Crippen molar-refractivity contribution >= 4 is 27.9 Å². The molecule has 224 valence electrons. The summed E-state index contributed by atoms with van der Waals surface area (Å²) in [6.45, 7) is 4.72. The summed E-state index contributed by atoms with van der Waals surface area (Å²) in [6.07, 6.45) is 11.2. The normalized spacial score (nSPS) is 14.2. The lowest BCUT2D eigenvalue weighted by Crippen LogP contribution is -2.29. The highest BCUT2D eigenvalue weighted by atomic mass is 19.1. The highest BCUT2D eigenvalue weighted by molar-refractivity contribution is 5.96. The van der Waals surface area contributed by atoms with Crippen LogP contribution < -0.4 is 5.32 Å². The van der Waals surface area contributed by atoms with Crippen LogP contribution in [0.3, 0.4) is 0 Å². The molecule has 44 heavy (non-hydrogen) atoms. The third-order valence-corrected chi connectivity index (χ3v) is 8.11. The van der Waals surface area contributed by atoms with Crippen molar-refractivity contribution in [2.24, 2.45) is 0 Å². The van der Waals surface area contributed by atoms with Gasteiger partial charge in [-0.3, -0.25) is 15.0 Å². The fourth-order valence-electron chi connectivity index (χ4n) is 5.88. The van der Waals surface area contributed by atoms with E-state index >= 15 is 0 Å². The number of fused-ring (bicyclic) bond motifs is 2. The van der Waals surface area contributed by atoms with E-state index in [1.54, 1.807) is 6.20 Å². The lowest BCUT2D eigenvalue weighted by molar-refractivity contribution is 0.220. The van der Waals surface area contributed by atoms with Crippen molar-refractivity contribution < 1.29 is 4.39 Å². The molecule has 0 bridgehead atoms. The largest absolute Gasteiger partial charge is 0.384 e. The summed E-state index contributed by atoms with van der Waals surface area (Å²) in [5.74, 6) is 0.241. The summed E-state index contributed by atoms with van der Waals surface area (Å²) in [7, 11) is 4.01. The number of benzene rings is 1. The SMILES string of the molecule is CN(C)CCNc1cc(F)cc(-c2ccnc3[nH]c(-c4n[nH]c5ncc(-c6cncc(CN7CCCCC7)c6)cc45)nc23)c1. The van der Waals surface area contributed by atoms with E-state index in [2.05, 4.69) is 57.4 Å². The van der Waals surface area contributed by atoms with Crippen LogP contribution in [0.2, 0.25) is 0 Å². The average Bonchev–Trinajstić information content (AvgIpc) is 3.65. The first-order valence-corrected chi connectivity index (χ1v) is 15.1. The zero-order valence-electron chi connectivity index (χ0n) is 24.9. The fourth-order valence-corrected chi connectivity index (χ4v) is 5.88. The third-order valence-electron chi connectivity index (χ3n) is 8.11. The van der Waals surface area contributed by atoms with Crippen molar-refractivity contribution in [3.63, 3.8) is 0 Å². The number of hydrogen-bond donors (Lipinski definition) is 3. The van der Waals surface area contributed by atoms with Gasteiger partial charge in [0.2, 0.25) is 0 Å². The molecule has 0 amide bonds. The van der Waals surface area contributed by atoms with Crippen LogP contribution in [0.1, 0.15) is 24.8 Å². The van der Waals surface area contributed by atoms with Crippen molar-refractivity contribution in [3.8, 4) is 33.8 Å². The van der Waals surface area contributed by atoms with Crippen LogP contribution in [-0.4, -0.2) is 85.2 Å². The maximum atomic E-state index is 14.7. The van der Waals surface area contributed by atoms with Gasteiger partial charge < -0.3 is 15.2 Å². The highest BCUT2D eigenvalue weighted by Gasteiger charge is 2.18. The molecular weight excluding hydrogens is 555 g/mol. The Morgan fingerprint density at radius 1 is 0.932 bits per heavy atom. The van der Waals surface area contributed by atoms with Gasteiger partial charge in [-0.05, 0) is 87.6 Å². The summed E-state index contributed by atoms with van der Waals surface area (Å²) < 4.78 is 14.7.